The van der Waals surface area contributed by atoms with Crippen LogP contribution < -0.4 is 0 Å². The van der Waals surface area contributed by atoms with Crippen LogP contribution in [0, 0.1) is 12.7 Å². The molecule has 15 heavy (non-hydrogen) atoms. The number of hydrogen-bond donors (Lipinski definition) is 0. The smallest absolute Gasteiger partial charge is 0.166 e. The maximum atomic E-state index is 13.2. The van der Waals surface area contributed by atoms with Crippen LogP contribution in [0.1, 0.15) is 35.7 Å². The lowest BCUT2D eigenvalue weighted by molar-refractivity contribution is 0.0992. The number of rotatable bonds is 4. The molecule has 0 bridgehead atoms. The van der Waals surface area contributed by atoms with Crippen molar-refractivity contribution >= 4 is 5.78 Å². The van der Waals surface area contributed by atoms with Crippen LogP contribution in [-0.4, -0.2) is 5.78 Å². The highest BCUT2D eigenvalue weighted by Crippen LogP contribution is 2.14. The standard InChI is InChI=1S/C13H15FO/c1-4-9(2)7-13(15)11-6-5-10(3)12(14)8-11/h5-6,8H,2,4,7H2,1,3H3. The van der Waals surface area contributed by atoms with E-state index in [0.717, 1.165) is 12.0 Å². The van der Waals surface area contributed by atoms with E-state index in [1.807, 2.05) is 6.92 Å². The summed E-state index contributed by atoms with van der Waals surface area (Å²) >= 11 is 0. The molecule has 1 aromatic carbocycles. The Morgan fingerprint density at radius 1 is 1.47 bits per heavy atom. The molecule has 0 unspecified atom stereocenters. The van der Waals surface area contributed by atoms with Crippen molar-refractivity contribution in [2.75, 3.05) is 0 Å². The van der Waals surface area contributed by atoms with Crippen LogP contribution in [0.4, 0.5) is 4.39 Å². The van der Waals surface area contributed by atoms with Gasteiger partial charge < -0.3 is 0 Å². The van der Waals surface area contributed by atoms with Gasteiger partial charge in [0.2, 0.25) is 0 Å². The third-order valence-electron chi connectivity index (χ3n) is 2.40. The predicted octanol–water partition coefficient (Wildman–Crippen LogP) is 3.67. The molecule has 0 amide bonds. The molecule has 0 aliphatic carbocycles. The maximum absolute atomic E-state index is 13.2. The first-order valence-corrected chi connectivity index (χ1v) is 5.00. The highest BCUT2D eigenvalue weighted by atomic mass is 19.1. The molecule has 0 radical (unpaired) electrons. The zero-order valence-electron chi connectivity index (χ0n) is 9.14. The molecule has 0 aliphatic rings. The fraction of sp³-hybridized carbons (Fsp3) is 0.308. The van der Waals surface area contributed by atoms with Gasteiger partial charge >= 0.3 is 0 Å². The molecular weight excluding hydrogens is 191 g/mol. The Morgan fingerprint density at radius 2 is 2.13 bits per heavy atom. The van der Waals surface area contributed by atoms with Crippen LogP contribution in [0.5, 0.6) is 0 Å². The minimum absolute atomic E-state index is 0.0687. The molecule has 0 heterocycles. The minimum Gasteiger partial charge on any atom is -0.294 e. The Hall–Kier alpha value is -1.44. The van der Waals surface area contributed by atoms with Crippen LogP contribution >= 0.6 is 0 Å². The van der Waals surface area contributed by atoms with Crippen molar-refractivity contribution in [3.63, 3.8) is 0 Å². The van der Waals surface area contributed by atoms with E-state index in [9.17, 15) is 9.18 Å². The topological polar surface area (TPSA) is 17.1 Å². The summed E-state index contributed by atoms with van der Waals surface area (Å²) in [6.07, 6.45) is 1.08. The lowest BCUT2D eigenvalue weighted by atomic mass is 10.0. The zero-order valence-corrected chi connectivity index (χ0v) is 9.14. The molecule has 0 saturated carbocycles. The molecule has 0 saturated heterocycles. The summed E-state index contributed by atoms with van der Waals surface area (Å²) in [6.45, 7) is 7.39. The fourth-order valence-corrected chi connectivity index (χ4v) is 1.22. The summed E-state index contributed by atoms with van der Waals surface area (Å²) in [5.74, 6) is -0.399. The molecule has 1 rings (SSSR count). The summed E-state index contributed by atoms with van der Waals surface area (Å²) in [4.78, 5) is 11.7. The van der Waals surface area contributed by atoms with Gasteiger partial charge in [0, 0.05) is 12.0 Å². The normalized spacial score (nSPS) is 10.1. The van der Waals surface area contributed by atoms with Crippen molar-refractivity contribution in [2.45, 2.75) is 26.7 Å². The molecule has 1 aromatic rings. The SMILES string of the molecule is C=C(CC)CC(=O)c1ccc(C)c(F)c1. The molecule has 0 atom stereocenters. The maximum Gasteiger partial charge on any atom is 0.166 e. The van der Waals surface area contributed by atoms with Crippen LogP contribution in [0.2, 0.25) is 0 Å². The van der Waals surface area contributed by atoms with Gasteiger partial charge in [-0.25, -0.2) is 4.39 Å². The minimum atomic E-state index is -0.331. The van der Waals surface area contributed by atoms with Gasteiger partial charge in [0.15, 0.2) is 5.78 Å². The fourth-order valence-electron chi connectivity index (χ4n) is 1.22. The van der Waals surface area contributed by atoms with Crippen molar-refractivity contribution in [1.82, 2.24) is 0 Å². The average molecular weight is 206 g/mol. The first-order chi connectivity index (χ1) is 7.04. The first-order valence-electron chi connectivity index (χ1n) is 5.00. The molecule has 0 N–H and O–H groups in total. The number of carbonyl (C=O) groups is 1. The van der Waals surface area contributed by atoms with E-state index in [0.29, 0.717) is 17.5 Å². The van der Waals surface area contributed by atoms with Crippen LogP contribution in [0.15, 0.2) is 30.4 Å². The second-order valence-corrected chi connectivity index (χ2v) is 3.67. The molecule has 1 nitrogen and oxygen atoms in total. The lowest BCUT2D eigenvalue weighted by Crippen LogP contribution is -2.01. The molecular formula is C13H15FO. The van der Waals surface area contributed by atoms with Crippen LogP contribution in [0.3, 0.4) is 0 Å². The van der Waals surface area contributed by atoms with E-state index in [-0.39, 0.29) is 11.6 Å². The van der Waals surface area contributed by atoms with Crippen molar-refractivity contribution in [3.05, 3.63) is 47.3 Å². The second kappa shape index (κ2) is 4.87. The van der Waals surface area contributed by atoms with E-state index >= 15 is 0 Å². The largest absolute Gasteiger partial charge is 0.294 e. The molecule has 80 valence electrons. The number of benzene rings is 1. The van der Waals surface area contributed by atoms with Gasteiger partial charge in [0.1, 0.15) is 5.82 Å². The van der Waals surface area contributed by atoms with Gasteiger partial charge in [-0.2, -0.15) is 0 Å². The molecule has 0 aromatic heterocycles. The highest BCUT2D eigenvalue weighted by molar-refractivity contribution is 5.97. The molecule has 0 spiro atoms. The number of aryl methyl sites for hydroxylation is 1. The van der Waals surface area contributed by atoms with Gasteiger partial charge in [-0.05, 0) is 25.0 Å². The highest BCUT2D eigenvalue weighted by Gasteiger charge is 2.08. The van der Waals surface area contributed by atoms with Crippen LogP contribution in [0.25, 0.3) is 0 Å². The van der Waals surface area contributed by atoms with E-state index in [1.54, 1.807) is 19.1 Å². The number of allylic oxidation sites excluding steroid dienone is 1. The van der Waals surface area contributed by atoms with Gasteiger partial charge in [0.25, 0.3) is 0 Å². The number of Topliss-reactive ketones (excluding diaryl/α,β-unsaturated/α-hetero) is 1. The van der Waals surface area contributed by atoms with E-state index < -0.39 is 0 Å². The third kappa shape index (κ3) is 3.01. The molecule has 2 heteroatoms. The summed E-state index contributed by atoms with van der Waals surface area (Å²) in [5, 5.41) is 0. The van der Waals surface area contributed by atoms with Gasteiger partial charge in [-0.3, -0.25) is 4.79 Å². The number of halogens is 1. The van der Waals surface area contributed by atoms with Gasteiger partial charge in [-0.1, -0.05) is 31.2 Å². The Labute approximate surface area is 89.6 Å². The average Bonchev–Trinajstić information content (AvgIpc) is 2.21. The first kappa shape index (κ1) is 11.6. The summed E-state index contributed by atoms with van der Waals surface area (Å²) < 4.78 is 13.2. The predicted molar refractivity (Wildman–Crippen MR) is 59.5 cm³/mol. The monoisotopic (exact) mass is 206 g/mol. The van der Waals surface area contributed by atoms with E-state index in [2.05, 4.69) is 6.58 Å². The summed E-state index contributed by atoms with van der Waals surface area (Å²) in [6, 6.07) is 4.57. The summed E-state index contributed by atoms with van der Waals surface area (Å²) in [7, 11) is 0. The number of hydrogen-bond acceptors (Lipinski definition) is 1. The van der Waals surface area contributed by atoms with Crippen molar-refractivity contribution in [3.8, 4) is 0 Å². The molecule has 0 fully saturated rings. The van der Waals surface area contributed by atoms with Crippen molar-refractivity contribution < 1.29 is 9.18 Å². The van der Waals surface area contributed by atoms with E-state index in [4.69, 9.17) is 0 Å². The lowest BCUT2D eigenvalue weighted by Gasteiger charge is -2.03. The summed E-state index contributed by atoms with van der Waals surface area (Å²) in [5.41, 5.74) is 1.86. The van der Waals surface area contributed by atoms with E-state index in [1.165, 1.54) is 6.07 Å². The van der Waals surface area contributed by atoms with Crippen molar-refractivity contribution in [1.29, 1.82) is 0 Å². The Morgan fingerprint density at radius 3 is 2.67 bits per heavy atom. The van der Waals surface area contributed by atoms with Crippen molar-refractivity contribution in [2.24, 2.45) is 0 Å². The zero-order chi connectivity index (χ0) is 11.4. The Bertz CT molecular complexity index is 394. The number of carbonyl (C=O) groups excluding carboxylic acids is 1. The quantitative estimate of drug-likeness (QED) is 0.542. The number of ketones is 1. The Kier molecular flexibility index (Phi) is 3.78. The van der Waals surface area contributed by atoms with Gasteiger partial charge in [-0.15, -0.1) is 0 Å². The second-order valence-electron chi connectivity index (χ2n) is 3.67. The Balaban J connectivity index is 2.83. The molecule has 0 aliphatic heterocycles. The third-order valence-corrected chi connectivity index (χ3v) is 2.40. The van der Waals surface area contributed by atoms with Gasteiger partial charge in [0.05, 0.1) is 0 Å². The van der Waals surface area contributed by atoms with Crippen LogP contribution in [-0.2, 0) is 0 Å².